The molecule has 12 radical (unpaired) electrons. The molecule has 0 amide bonds. The molecule has 0 aliphatic heterocycles. The summed E-state index contributed by atoms with van der Waals surface area (Å²) in [5.41, 5.74) is 0. The van der Waals surface area contributed by atoms with E-state index < -0.39 is 0 Å². The van der Waals surface area contributed by atoms with Gasteiger partial charge in [-0.1, -0.05) is 8.41 Å². The number of hydrogen-bond donors (Lipinski definition) is 0. The van der Waals surface area contributed by atoms with Gasteiger partial charge in [0, 0.05) is 33.7 Å². The van der Waals surface area contributed by atoms with Gasteiger partial charge in [0.05, 0.1) is 0 Å². The van der Waals surface area contributed by atoms with E-state index in [1.807, 2.05) is 0 Å². The second-order valence-electron chi connectivity index (χ2n) is 0. The zero-order valence-electron chi connectivity index (χ0n) is 3.31. The Kier molecular flexibility index (Phi) is 3970. The van der Waals surface area contributed by atoms with Gasteiger partial charge >= 0.3 is 29.6 Å². The van der Waals surface area contributed by atoms with Crippen LogP contribution in [0.1, 0.15) is 0 Å². The third kappa shape index (κ3) is 97.5. The standard InChI is InChI=1S/BH4.4B.Na.H4Si/h1H4;;;;;;1H4/q-1;;;;;+1;. The minimum Gasteiger partial charge on any atom is -0.0626 e. The zero-order valence-corrected chi connectivity index (χ0v) is 5.31. The van der Waals surface area contributed by atoms with Gasteiger partial charge in [-0.05, 0) is 11.0 Å². The molecule has 0 heterocycles. The molecule has 0 atom stereocenters. The van der Waals surface area contributed by atoms with Gasteiger partial charge in [-0.3, -0.25) is 0 Å². The summed E-state index contributed by atoms with van der Waals surface area (Å²) in [4.78, 5) is 0. The van der Waals surface area contributed by atoms with Crippen LogP contribution in [0, 0.1) is 0 Å². The van der Waals surface area contributed by atoms with Crippen LogP contribution in [0.2, 0.25) is 0 Å². The first kappa shape index (κ1) is 204. The molecule has 7 heteroatoms. The van der Waals surface area contributed by atoms with E-state index in [4.69, 9.17) is 0 Å². The van der Waals surface area contributed by atoms with Gasteiger partial charge in [0.15, 0.2) is 0 Å². The van der Waals surface area contributed by atoms with Crippen molar-refractivity contribution in [3.63, 3.8) is 0 Å². The van der Waals surface area contributed by atoms with Crippen LogP contribution in [0.15, 0.2) is 0 Å². The first-order chi connectivity index (χ1) is 0. The van der Waals surface area contributed by atoms with Crippen LogP contribution in [-0.4, -0.2) is 53.0 Å². The Labute approximate surface area is 82.2 Å². The van der Waals surface area contributed by atoms with Gasteiger partial charge in [-0.25, -0.2) is 0 Å². The second-order valence-corrected chi connectivity index (χ2v) is 0. The van der Waals surface area contributed by atoms with Crippen LogP contribution >= 0.6 is 0 Å². The maximum absolute atomic E-state index is 0. The van der Waals surface area contributed by atoms with E-state index in [1.54, 1.807) is 0 Å². The predicted octanol–water partition coefficient (Wildman–Crippen LogP) is -7.42. The molecule has 0 saturated heterocycles. The summed E-state index contributed by atoms with van der Waals surface area (Å²) in [6, 6.07) is 0. The zero-order chi connectivity index (χ0) is 0. The van der Waals surface area contributed by atoms with Gasteiger partial charge < -0.3 is 0 Å². The van der Waals surface area contributed by atoms with Crippen molar-refractivity contribution >= 4 is 53.0 Å². The van der Waals surface area contributed by atoms with Crippen LogP contribution in [-0.2, 0) is 0 Å². The molecule has 0 saturated carbocycles. The van der Waals surface area contributed by atoms with Crippen molar-refractivity contribution in [2.24, 2.45) is 0 Å². The molecule has 0 aliphatic carbocycles. The predicted molar refractivity (Wildman–Crippen MR) is 45.7 cm³/mol. The third-order valence-corrected chi connectivity index (χ3v) is 0. The fourth-order valence-corrected chi connectivity index (χ4v) is 0. The average Bonchev–Trinajstić information content (AvgIpc) is 0. The normalized spacial score (nSPS) is 0. The summed E-state index contributed by atoms with van der Waals surface area (Å²) in [6.07, 6.45) is 0. The first-order valence-corrected chi connectivity index (χ1v) is 0. The molecule has 0 aromatic carbocycles. The fourth-order valence-electron chi connectivity index (χ4n) is 0. The molecule has 0 aromatic rings. The summed E-state index contributed by atoms with van der Waals surface area (Å²) in [7, 11) is 0. The fraction of sp³-hybridized carbons (Fsp3) is 0. The average molecular weight is 113 g/mol. The van der Waals surface area contributed by atoms with Crippen molar-refractivity contribution in [1.29, 1.82) is 0 Å². The molecule has 0 unspecified atom stereocenters. The molecular weight excluding hydrogens is 105 g/mol. The Morgan fingerprint density at radius 2 is 0.571 bits per heavy atom. The molecule has 0 N–H and O–H groups in total. The molecule has 0 rings (SSSR count). The summed E-state index contributed by atoms with van der Waals surface area (Å²) in [6.45, 7) is 0. The van der Waals surface area contributed by atoms with Crippen LogP contribution in [0.25, 0.3) is 0 Å². The monoisotopic (exact) mass is 114 g/mol. The minimum atomic E-state index is 0. The Morgan fingerprint density at radius 1 is 0.571 bits per heavy atom. The van der Waals surface area contributed by atoms with Gasteiger partial charge in [0.2, 0.25) is 0 Å². The van der Waals surface area contributed by atoms with Gasteiger partial charge in [0.25, 0.3) is 0 Å². The Balaban J connectivity index is 0. The van der Waals surface area contributed by atoms with Crippen LogP contribution in [0.4, 0.5) is 0 Å². The smallest absolute Gasteiger partial charge is 0.0626 e. The number of hydrogen-bond acceptors (Lipinski definition) is 0. The van der Waals surface area contributed by atoms with E-state index in [2.05, 4.69) is 0 Å². The van der Waals surface area contributed by atoms with E-state index in [0.717, 1.165) is 0 Å². The summed E-state index contributed by atoms with van der Waals surface area (Å²) < 4.78 is 0. The second kappa shape index (κ2) is 136. The van der Waals surface area contributed by atoms with Crippen molar-refractivity contribution in [2.75, 3.05) is 0 Å². The number of rotatable bonds is 0. The van der Waals surface area contributed by atoms with Crippen molar-refractivity contribution < 1.29 is 29.6 Å². The molecule has 7 heavy (non-hydrogen) atoms. The van der Waals surface area contributed by atoms with Crippen LogP contribution in [0.5, 0.6) is 0 Å². The quantitative estimate of drug-likeness (QED) is 0.274. The Morgan fingerprint density at radius 3 is 0.571 bits per heavy atom. The Hall–Kier alpha value is 1.54. The van der Waals surface area contributed by atoms with Crippen LogP contribution < -0.4 is 29.6 Å². The maximum atomic E-state index is 0. The maximum Gasteiger partial charge on any atom is 1.00 e. The van der Waals surface area contributed by atoms with E-state index in [0.29, 0.717) is 0 Å². The van der Waals surface area contributed by atoms with Crippen molar-refractivity contribution in [1.82, 2.24) is 0 Å². The summed E-state index contributed by atoms with van der Waals surface area (Å²) in [5.74, 6) is 0. The van der Waals surface area contributed by atoms with Crippen LogP contribution in [0.3, 0.4) is 0 Å². The van der Waals surface area contributed by atoms with E-state index in [9.17, 15) is 0 Å². The minimum absolute atomic E-state index is 0. The molecule has 0 bridgehead atoms. The van der Waals surface area contributed by atoms with Crippen molar-refractivity contribution in [2.45, 2.75) is 0 Å². The SMILES string of the molecule is [BH4-].[B].[B].[B].[B].[Na+].[SiH4]. The summed E-state index contributed by atoms with van der Waals surface area (Å²) in [5, 5.41) is 0. The Bertz CT molecular complexity index is 8.04. The molecule has 0 aliphatic rings. The molecule has 0 fully saturated rings. The largest absolute Gasteiger partial charge is 1.00 e. The van der Waals surface area contributed by atoms with Gasteiger partial charge in [0.1, 0.15) is 0 Å². The molecule has 0 nitrogen and oxygen atoms in total. The third-order valence-electron chi connectivity index (χ3n) is 0. The molecule has 0 aromatic heterocycles. The van der Waals surface area contributed by atoms with E-state index in [1.165, 1.54) is 0 Å². The molecule has 0 spiro atoms. The van der Waals surface area contributed by atoms with E-state index in [-0.39, 0.29) is 82.6 Å². The van der Waals surface area contributed by atoms with Crippen molar-refractivity contribution in [3.05, 3.63) is 0 Å². The molecular formula is H8B5NaSi. The first-order valence-electron chi connectivity index (χ1n) is 0. The molecule has 28 valence electrons. The van der Waals surface area contributed by atoms with Gasteiger partial charge in [-0.15, -0.1) is 0 Å². The van der Waals surface area contributed by atoms with Crippen molar-refractivity contribution in [3.8, 4) is 0 Å². The van der Waals surface area contributed by atoms with Gasteiger partial charge in [-0.2, -0.15) is 0 Å². The summed E-state index contributed by atoms with van der Waals surface area (Å²) >= 11 is 0. The topological polar surface area (TPSA) is 0 Å². The van der Waals surface area contributed by atoms with E-state index >= 15 is 0 Å².